The second-order valence-electron chi connectivity index (χ2n) is 6.82. The molecule has 0 unspecified atom stereocenters. The van der Waals surface area contributed by atoms with Gasteiger partial charge in [0, 0.05) is 0 Å². The van der Waals surface area contributed by atoms with Gasteiger partial charge in [0.1, 0.15) is 16.4 Å². The lowest BCUT2D eigenvalue weighted by Gasteiger charge is -2.44. The van der Waals surface area contributed by atoms with E-state index in [1.807, 2.05) is 0 Å². The molecule has 0 radical (unpaired) electrons. The maximum atomic E-state index is 14.1. The maximum Gasteiger partial charge on any atom is 0.240 e. The zero-order valence-electron chi connectivity index (χ0n) is 14.7. The second kappa shape index (κ2) is 7.05. The van der Waals surface area contributed by atoms with Crippen molar-refractivity contribution < 1.29 is 12.8 Å². The van der Waals surface area contributed by atoms with Crippen LogP contribution in [0.2, 0.25) is 10.0 Å². The van der Waals surface area contributed by atoms with Crippen molar-refractivity contribution >= 4 is 44.7 Å². The highest BCUT2D eigenvalue weighted by Crippen LogP contribution is 2.34. The molecule has 1 saturated heterocycles. The quantitative estimate of drug-likeness (QED) is 0.589. The van der Waals surface area contributed by atoms with Gasteiger partial charge in [-0.25, -0.2) is 22.9 Å². The summed E-state index contributed by atoms with van der Waals surface area (Å²) < 4.78 is 38.0. The largest absolute Gasteiger partial charge is 0.349 e. The number of hydrogen-bond acceptors (Lipinski definition) is 3. The van der Waals surface area contributed by atoms with E-state index < -0.39 is 15.7 Å². The Morgan fingerprint density at radius 2 is 1.81 bits per heavy atom. The van der Waals surface area contributed by atoms with E-state index in [2.05, 4.69) is 4.99 Å². The first-order valence-corrected chi connectivity index (χ1v) is 10.4. The van der Waals surface area contributed by atoms with Crippen molar-refractivity contribution in [2.75, 3.05) is 13.1 Å². The van der Waals surface area contributed by atoms with Gasteiger partial charge < -0.3 is 4.90 Å². The average molecular weight is 430 g/mol. The Labute approximate surface area is 167 Å². The molecule has 5 nitrogen and oxygen atoms in total. The van der Waals surface area contributed by atoms with Crippen LogP contribution in [0.25, 0.3) is 0 Å². The van der Waals surface area contributed by atoms with Crippen molar-refractivity contribution in [2.45, 2.75) is 24.4 Å². The van der Waals surface area contributed by atoms with Gasteiger partial charge in [-0.1, -0.05) is 35.3 Å². The summed E-state index contributed by atoms with van der Waals surface area (Å²) in [6.45, 7) is 3.46. The van der Waals surface area contributed by atoms with Gasteiger partial charge in [-0.05, 0) is 43.7 Å². The van der Waals surface area contributed by atoms with Crippen molar-refractivity contribution in [2.24, 2.45) is 10.1 Å². The highest BCUT2D eigenvalue weighted by atomic mass is 35.5. The molecule has 0 atom stereocenters. The molecule has 144 valence electrons. The third-order valence-electron chi connectivity index (χ3n) is 4.17. The van der Waals surface area contributed by atoms with E-state index in [9.17, 15) is 12.8 Å². The van der Waals surface area contributed by atoms with E-state index in [1.165, 1.54) is 13.0 Å². The van der Waals surface area contributed by atoms with Crippen LogP contribution in [0.5, 0.6) is 0 Å². The molecule has 2 aromatic carbocycles. The molecule has 1 aliphatic heterocycles. The predicted octanol–water partition coefficient (Wildman–Crippen LogP) is 4.07. The molecule has 1 heterocycles. The van der Waals surface area contributed by atoms with E-state index in [-0.39, 0.29) is 23.7 Å². The molecule has 9 heteroatoms. The van der Waals surface area contributed by atoms with Crippen LogP contribution in [0, 0.1) is 6.92 Å². The minimum Gasteiger partial charge on any atom is -0.349 e. The number of aryl methyl sites for hydroxylation is 1. The Balaban J connectivity index is 2.23. The number of nitrogens with two attached hydrogens (primary N) is 1. The standard InChI is InChI=1S/C18H18Cl2FN3O2S/c1-11-6-7-15(27(22,25)26)14(8-11)23-17(24-9-18(2,21)10-24)16-12(19)4-3-5-13(16)20/h3-8H,9-10H2,1-2H3,(H2,22,25,26). The van der Waals surface area contributed by atoms with Gasteiger partial charge in [0.15, 0.2) is 0 Å². The van der Waals surface area contributed by atoms with Crippen LogP contribution in [0.15, 0.2) is 46.3 Å². The zero-order chi connectivity index (χ0) is 20.0. The fourth-order valence-electron chi connectivity index (χ4n) is 2.97. The molecular formula is C18H18Cl2FN3O2S. The topological polar surface area (TPSA) is 75.8 Å². The minimum absolute atomic E-state index is 0.0872. The fraction of sp³-hybridized carbons (Fsp3) is 0.278. The summed E-state index contributed by atoms with van der Waals surface area (Å²) in [5.74, 6) is 0.302. The number of rotatable bonds is 3. The van der Waals surface area contributed by atoms with E-state index in [0.717, 1.165) is 5.56 Å². The van der Waals surface area contributed by atoms with Crippen LogP contribution < -0.4 is 5.14 Å². The normalized spacial score (nSPS) is 17.0. The molecule has 0 aliphatic carbocycles. The van der Waals surface area contributed by atoms with Crippen molar-refractivity contribution in [3.8, 4) is 0 Å². The summed E-state index contributed by atoms with van der Waals surface area (Å²) >= 11 is 12.6. The lowest BCUT2D eigenvalue weighted by Crippen LogP contribution is -2.59. The van der Waals surface area contributed by atoms with Gasteiger partial charge in [0.25, 0.3) is 0 Å². The molecule has 0 amide bonds. The molecule has 1 fully saturated rings. The van der Waals surface area contributed by atoms with Crippen molar-refractivity contribution in [1.29, 1.82) is 0 Å². The van der Waals surface area contributed by atoms with Crippen LogP contribution in [-0.4, -0.2) is 37.9 Å². The van der Waals surface area contributed by atoms with E-state index in [1.54, 1.807) is 42.2 Å². The predicted molar refractivity (Wildman–Crippen MR) is 106 cm³/mol. The molecule has 0 saturated carbocycles. The Morgan fingerprint density at radius 1 is 1.22 bits per heavy atom. The van der Waals surface area contributed by atoms with Crippen LogP contribution in [0.3, 0.4) is 0 Å². The van der Waals surface area contributed by atoms with E-state index in [4.69, 9.17) is 28.3 Å². The molecule has 0 bridgehead atoms. The van der Waals surface area contributed by atoms with Crippen molar-refractivity contribution in [1.82, 2.24) is 4.90 Å². The minimum atomic E-state index is -4.00. The second-order valence-corrected chi connectivity index (χ2v) is 9.16. The van der Waals surface area contributed by atoms with Gasteiger partial charge in [-0.15, -0.1) is 0 Å². The number of aliphatic imine (C=N–C) groups is 1. The third-order valence-corrected chi connectivity index (χ3v) is 5.76. The highest BCUT2D eigenvalue weighted by Gasteiger charge is 2.41. The Kier molecular flexibility index (Phi) is 5.24. The third kappa shape index (κ3) is 4.27. The Hall–Kier alpha value is -1.67. The number of hydrogen-bond donors (Lipinski definition) is 1. The summed E-state index contributed by atoms with van der Waals surface area (Å²) in [6, 6.07) is 9.59. The zero-order valence-corrected chi connectivity index (χ0v) is 17.0. The molecule has 3 rings (SSSR count). The summed E-state index contributed by atoms with van der Waals surface area (Å²) in [4.78, 5) is 6.05. The molecule has 2 aromatic rings. The first-order chi connectivity index (χ1) is 12.5. The number of alkyl halides is 1. The molecule has 1 aliphatic rings. The number of nitrogens with zero attached hydrogens (tertiary/aromatic N) is 2. The number of sulfonamides is 1. The first kappa shape index (κ1) is 20.1. The van der Waals surface area contributed by atoms with Gasteiger partial charge in [-0.2, -0.15) is 0 Å². The SMILES string of the molecule is Cc1ccc(S(N)(=O)=O)c(N=C(c2c(Cl)cccc2Cl)N2CC(C)(F)C2)c1. The molecule has 0 aromatic heterocycles. The number of likely N-dealkylation sites (tertiary alicyclic amines) is 1. The smallest absolute Gasteiger partial charge is 0.240 e. The fourth-order valence-corrected chi connectivity index (χ4v) is 4.19. The van der Waals surface area contributed by atoms with Crippen LogP contribution in [-0.2, 0) is 10.0 Å². The number of primary sulfonamides is 1. The summed E-state index contributed by atoms with van der Waals surface area (Å²) in [6.07, 6.45) is 0. The Bertz CT molecular complexity index is 1010. The van der Waals surface area contributed by atoms with Gasteiger partial charge in [0.2, 0.25) is 10.0 Å². The van der Waals surface area contributed by atoms with Crippen LogP contribution in [0.4, 0.5) is 10.1 Å². The molecule has 27 heavy (non-hydrogen) atoms. The monoisotopic (exact) mass is 429 g/mol. The molecule has 0 spiro atoms. The van der Waals surface area contributed by atoms with Crippen molar-refractivity contribution in [3.63, 3.8) is 0 Å². The average Bonchev–Trinajstić information content (AvgIpc) is 2.50. The summed E-state index contributed by atoms with van der Waals surface area (Å²) in [5.41, 5.74) is -0.0111. The maximum absolute atomic E-state index is 14.1. The molecular weight excluding hydrogens is 412 g/mol. The molecule has 2 N–H and O–H groups in total. The number of benzene rings is 2. The summed E-state index contributed by atoms with van der Waals surface area (Å²) in [7, 11) is -4.00. The van der Waals surface area contributed by atoms with Gasteiger partial charge in [-0.3, -0.25) is 0 Å². The van der Waals surface area contributed by atoms with E-state index >= 15 is 0 Å². The number of halogens is 3. The lowest BCUT2D eigenvalue weighted by molar-refractivity contribution is 0.0309. The summed E-state index contributed by atoms with van der Waals surface area (Å²) in [5, 5.41) is 5.99. The van der Waals surface area contributed by atoms with Gasteiger partial charge >= 0.3 is 0 Å². The van der Waals surface area contributed by atoms with Crippen molar-refractivity contribution in [3.05, 3.63) is 57.6 Å². The highest BCUT2D eigenvalue weighted by molar-refractivity contribution is 7.89. The lowest BCUT2D eigenvalue weighted by atomic mass is 9.97. The first-order valence-electron chi connectivity index (χ1n) is 8.08. The number of amidine groups is 1. The van der Waals surface area contributed by atoms with Crippen LogP contribution >= 0.6 is 23.2 Å². The Morgan fingerprint density at radius 3 is 2.33 bits per heavy atom. The van der Waals surface area contributed by atoms with Crippen LogP contribution in [0.1, 0.15) is 18.1 Å². The van der Waals surface area contributed by atoms with E-state index in [0.29, 0.717) is 21.4 Å². The van der Waals surface area contributed by atoms with Gasteiger partial charge in [0.05, 0.1) is 34.4 Å².